The summed E-state index contributed by atoms with van der Waals surface area (Å²) in [7, 11) is 0. The fourth-order valence-corrected chi connectivity index (χ4v) is 7.49. The van der Waals surface area contributed by atoms with Crippen LogP contribution in [0, 0.1) is 23.7 Å². The monoisotopic (exact) mass is 474 g/mol. The number of fused-ring (bicyclic) bond motifs is 4. The molecule has 0 aromatic heterocycles. The molecule has 5 heteroatoms. The molecule has 5 aliphatic rings. The van der Waals surface area contributed by atoms with E-state index in [1.807, 2.05) is 6.92 Å². The number of rotatable bonds is 3. The zero-order valence-electron chi connectivity index (χ0n) is 20.7. The minimum atomic E-state index is -0.769. The van der Waals surface area contributed by atoms with Gasteiger partial charge in [-0.15, -0.1) is 0 Å². The molecule has 1 aliphatic carbocycles. The Morgan fingerprint density at radius 3 is 2.34 bits per heavy atom. The van der Waals surface area contributed by atoms with Crippen LogP contribution < -0.4 is 0 Å². The molecule has 4 saturated heterocycles. The summed E-state index contributed by atoms with van der Waals surface area (Å²) < 4.78 is 19.8. The largest absolute Gasteiger partial charge is 0.348 e. The summed E-state index contributed by atoms with van der Waals surface area (Å²) >= 11 is 0. The van der Waals surface area contributed by atoms with Gasteiger partial charge in [-0.25, -0.2) is 9.78 Å². The zero-order valence-corrected chi connectivity index (χ0v) is 20.7. The molecule has 0 unspecified atom stereocenters. The minimum Gasteiger partial charge on any atom is -0.348 e. The van der Waals surface area contributed by atoms with Gasteiger partial charge in [0.15, 0.2) is 18.2 Å². The maximum absolute atomic E-state index is 6.65. The van der Waals surface area contributed by atoms with E-state index in [1.165, 1.54) is 33.5 Å². The van der Waals surface area contributed by atoms with Gasteiger partial charge >= 0.3 is 0 Å². The summed E-state index contributed by atoms with van der Waals surface area (Å²) in [5, 5.41) is 4.92. The molecular weight excluding hydrogens is 440 g/mol. The smallest absolute Gasteiger partial charge is 0.201 e. The van der Waals surface area contributed by atoms with Crippen LogP contribution in [0.5, 0.6) is 0 Å². The van der Waals surface area contributed by atoms with Crippen molar-refractivity contribution in [1.82, 2.24) is 0 Å². The molecular formula is C30H34O5. The molecule has 184 valence electrons. The van der Waals surface area contributed by atoms with Crippen molar-refractivity contribution in [3.8, 4) is 0 Å². The molecule has 1 saturated carbocycles. The molecule has 0 amide bonds. The quantitative estimate of drug-likeness (QED) is 0.312. The topological polar surface area (TPSA) is 46.2 Å². The van der Waals surface area contributed by atoms with Crippen molar-refractivity contribution in [2.24, 2.45) is 23.7 Å². The highest BCUT2D eigenvalue weighted by atomic mass is 17.3. The predicted octanol–water partition coefficient (Wildman–Crippen LogP) is 6.72. The van der Waals surface area contributed by atoms with Gasteiger partial charge in [-0.2, -0.15) is 0 Å². The Labute approximate surface area is 206 Å². The first kappa shape index (κ1) is 22.2. The van der Waals surface area contributed by atoms with Gasteiger partial charge in [0.05, 0.1) is 6.61 Å². The first-order valence-corrected chi connectivity index (χ1v) is 13.2. The molecule has 4 aliphatic heterocycles. The van der Waals surface area contributed by atoms with Crippen LogP contribution in [0.2, 0.25) is 0 Å². The van der Waals surface area contributed by atoms with E-state index in [4.69, 9.17) is 24.0 Å². The molecule has 35 heavy (non-hydrogen) atoms. The van der Waals surface area contributed by atoms with Crippen LogP contribution in [-0.4, -0.2) is 24.0 Å². The first-order valence-electron chi connectivity index (χ1n) is 13.2. The SMILES string of the molecule is C[C@H]1[C@@H](OCc2c3ccccc3cc3ccccc23)O[C@@H]2O[C@@]3(C)CC[C@H]4[C@H](C)CC[C@@H]1[C@@]24OO3. The molecule has 2 bridgehead atoms. The third-order valence-corrected chi connectivity index (χ3v) is 9.37. The lowest BCUT2D eigenvalue weighted by atomic mass is 9.58. The van der Waals surface area contributed by atoms with Gasteiger partial charge in [-0.1, -0.05) is 62.4 Å². The summed E-state index contributed by atoms with van der Waals surface area (Å²) in [5.41, 5.74) is 0.652. The molecule has 5 nitrogen and oxygen atoms in total. The summed E-state index contributed by atoms with van der Waals surface area (Å²) in [5.74, 6) is 0.573. The van der Waals surface area contributed by atoms with Crippen molar-refractivity contribution in [1.29, 1.82) is 0 Å². The van der Waals surface area contributed by atoms with Crippen LogP contribution in [0.15, 0.2) is 54.6 Å². The average Bonchev–Trinajstić information content (AvgIpc) is 3.10. The molecule has 3 aromatic carbocycles. The van der Waals surface area contributed by atoms with Gasteiger partial charge in [0.2, 0.25) is 5.79 Å². The normalized spacial score (nSPS) is 40.5. The third kappa shape index (κ3) is 3.25. The van der Waals surface area contributed by atoms with E-state index in [0.717, 1.165) is 19.3 Å². The Bertz CT molecular complexity index is 1220. The van der Waals surface area contributed by atoms with E-state index in [9.17, 15) is 0 Å². The van der Waals surface area contributed by atoms with Crippen LogP contribution >= 0.6 is 0 Å². The minimum absolute atomic E-state index is 0.164. The summed E-state index contributed by atoms with van der Waals surface area (Å²) in [6.07, 6.45) is 3.27. The van der Waals surface area contributed by atoms with E-state index < -0.39 is 17.7 Å². The number of benzene rings is 3. The second kappa shape index (κ2) is 7.99. The molecule has 8 rings (SSSR count). The number of ether oxygens (including phenoxy) is 3. The Morgan fingerprint density at radius 1 is 0.886 bits per heavy atom. The molecule has 8 atom stereocenters. The van der Waals surface area contributed by atoms with Crippen molar-refractivity contribution < 1.29 is 24.0 Å². The van der Waals surface area contributed by atoms with Crippen LogP contribution in [0.4, 0.5) is 0 Å². The lowest BCUT2D eigenvalue weighted by Crippen LogP contribution is -2.70. The van der Waals surface area contributed by atoms with Gasteiger partial charge in [0.25, 0.3) is 0 Å². The molecule has 1 spiro atoms. The number of hydrogen-bond donors (Lipinski definition) is 0. The van der Waals surface area contributed by atoms with Crippen LogP contribution in [0.25, 0.3) is 21.5 Å². The van der Waals surface area contributed by atoms with E-state index in [0.29, 0.717) is 18.4 Å². The van der Waals surface area contributed by atoms with E-state index in [2.05, 4.69) is 68.4 Å². The van der Waals surface area contributed by atoms with Gasteiger partial charge < -0.3 is 14.2 Å². The fourth-order valence-electron chi connectivity index (χ4n) is 7.49. The highest BCUT2D eigenvalue weighted by Crippen LogP contribution is 2.60. The zero-order chi connectivity index (χ0) is 23.8. The van der Waals surface area contributed by atoms with Crippen LogP contribution in [0.3, 0.4) is 0 Å². The molecule has 0 radical (unpaired) electrons. The van der Waals surface area contributed by atoms with E-state index in [-0.39, 0.29) is 18.1 Å². The summed E-state index contributed by atoms with van der Waals surface area (Å²) in [4.78, 5) is 12.2. The van der Waals surface area contributed by atoms with Crippen LogP contribution in [0.1, 0.15) is 52.0 Å². The average molecular weight is 475 g/mol. The second-order valence-corrected chi connectivity index (χ2v) is 11.4. The standard InChI is InChI=1S/C30H34O5/c1-18-12-13-26-19(2)27(32-28-30(26)25(18)14-15-29(3,33-28)34-35-30)31-17-24-22-10-6-4-8-20(22)16-21-9-5-7-11-23(21)24/h4-11,16,18-19,25-28H,12-15,17H2,1-3H3/t18-,19-,25+,26+,27+,28-,29-,30-/m1/s1. The van der Waals surface area contributed by atoms with Crippen molar-refractivity contribution in [2.75, 3.05) is 0 Å². The van der Waals surface area contributed by atoms with E-state index >= 15 is 0 Å². The third-order valence-electron chi connectivity index (χ3n) is 9.37. The molecule has 4 heterocycles. The van der Waals surface area contributed by atoms with Crippen molar-refractivity contribution in [2.45, 2.75) is 77.0 Å². The van der Waals surface area contributed by atoms with E-state index in [1.54, 1.807) is 0 Å². The maximum atomic E-state index is 6.65. The lowest BCUT2D eigenvalue weighted by Gasteiger charge is -2.60. The Morgan fingerprint density at radius 2 is 1.60 bits per heavy atom. The Hall–Kier alpha value is -2.02. The highest BCUT2D eigenvalue weighted by Gasteiger charge is 2.69. The van der Waals surface area contributed by atoms with Crippen LogP contribution in [-0.2, 0) is 30.6 Å². The summed E-state index contributed by atoms with van der Waals surface area (Å²) in [6, 6.07) is 19.4. The lowest BCUT2D eigenvalue weighted by molar-refractivity contribution is -0.577. The van der Waals surface area contributed by atoms with Crippen molar-refractivity contribution in [3.63, 3.8) is 0 Å². The van der Waals surface area contributed by atoms with Gasteiger partial charge in [0, 0.05) is 18.3 Å². The highest BCUT2D eigenvalue weighted by molar-refractivity contribution is 6.02. The molecule has 3 aromatic rings. The molecule has 0 N–H and O–H groups in total. The predicted molar refractivity (Wildman–Crippen MR) is 133 cm³/mol. The van der Waals surface area contributed by atoms with Gasteiger partial charge in [-0.05, 0) is 71.2 Å². The van der Waals surface area contributed by atoms with Crippen molar-refractivity contribution >= 4 is 21.5 Å². The Balaban J connectivity index is 1.23. The van der Waals surface area contributed by atoms with Crippen molar-refractivity contribution in [3.05, 3.63) is 60.2 Å². The molecule has 5 fully saturated rings. The Kier molecular flexibility index (Phi) is 5.07. The first-order chi connectivity index (χ1) is 17.0. The summed E-state index contributed by atoms with van der Waals surface area (Å²) in [6.45, 7) is 7.04. The van der Waals surface area contributed by atoms with Gasteiger partial charge in [0.1, 0.15) is 0 Å². The second-order valence-electron chi connectivity index (χ2n) is 11.4. The number of hydrogen-bond acceptors (Lipinski definition) is 5. The fraction of sp³-hybridized carbons (Fsp3) is 0.533. The van der Waals surface area contributed by atoms with Gasteiger partial charge in [-0.3, -0.25) is 0 Å². The maximum Gasteiger partial charge on any atom is 0.201 e.